The fourth-order valence-electron chi connectivity index (χ4n) is 6.66. The molecular weight excluding hydrogens is 506 g/mol. The fourth-order valence-corrected chi connectivity index (χ4v) is 6.66. The lowest BCUT2D eigenvalue weighted by Crippen LogP contribution is -2.42. The van der Waals surface area contributed by atoms with Gasteiger partial charge in [-0.1, -0.05) is 12.6 Å². The molecule has 3 aliphatic rings. The van der Waals surface area contributed by atoms with E-state index in [2.05, 4.69) is 66.7 Å². The van der Waals surface area contributed by atoms with Gasteiger partial charge < -0.3 is 24.2 Å². The Morgan fingerprint density at radius 3 is 2.73 bits per heavy atom. The summed E-state index contributed by atoms with van der Waals surface area (Å²) in [6.45, 7) is 10.8. The lowest BCUT2D eigenvalue weighted by Gasteiger charge is -2.42. The first-order chi connectivity index (χ1) is 19.4. The molecule has 0 spiro atoms. The number of amides is 1. The molecule has 1 aromatic carbocycles. The molecule has 1 amide bonds. The van der Waals surface area contributed by atoms with Crippen LogP contribution in [-0.2, 0) is 4.79 Å². The van der Waals surface area contributed by atoms with Crippen molar-refractivity contribution in [1.82, 2.24) is 30.0 Å². The van der Waals surface area contributed by atoms with Crippen molar-refractivity contribution in [3.63, 3.8) is 0 Å². The molecule has 3 aromatic rings. The summed E-state index contributed by atoms with van der Waals surface area (Å²) >= 11 is 0. The van der Waals surface area contributed by atoms with Gasteiger partial charge in [0.15, 0.2) is 11.6 Å². The van der Waals surface area contributed by atoms with E-state index in [1.807, 2.05) is 11.1 Å². The van der Waals surface area contributed by atoms with Gasteiger partial charge in [0.05, 0.1) is 23.4 Å². The van der Waals surface area contributed by atoms with Crippen LogP contribution in [0, 0.1) is 6.92 Å². The van der Waals surface area contributed by atoms with Crippen molar-refractivity contribution in [2.24, 2.45) is 0 Å². The number of aryl methyl sites for hydroxylation is 1. The van der Waals surface area contributed by atoms with Crippen LogP contribution in [0.25, 0.3) is 10.9 Å². The van der Waals surface area contributed by atoms with Crippen molar-refractivity contribution >= 4 is 22.6 Å². The first-order valence-electron chi connectivity index (χ1n) is 14.3. The third-order valence-electron chi connectivity index (χ3n) is 8.98. The van der Waals surface area contributed by atoms with Gasteiger partial charge in [-0.05, 0) is 76.4 Å². The number of H-pyrrole nitrogens is 1. The molecule has 2 aromatic heterocycles. The van der Waals surface area contributed by atoms with E-state index in [-0.39, 0.29) is 24.0 Å². The van der Waals surface area contributed by atoms with E-state index in [1.165, 1.54) is 23.6 Å². The molecular formula is C30H39N7O3. The number of aromatic nitrogens is 4. The highest BCUT2D eigenvalue weighted by molar-refractivity contribution is 5.87. The number of likely N-dealkylation sites (N-methyl/N-ethyl adjacent to an activating group) is 2. The number of nitrogens with one attached hydrogen (secondary N) is 1. The normalized spacial score (nSPS) is 23.8. The quantitative estimate of drug-likeness (QED) is 0.465. The van der Waals surface area contributed by atoms with Crippen LogP contribution in [0.3, 0.4) is 0 Å². The smallest absolute Gasteiger partial charge is 0.318 e. The highest BCUT2D eigenvalue weighted by atomic mass is 16.5. The van der Waals surface area contributed by atoms with E-state index in [0.717, 1.165) is 54.0 Å². The van der Waals surface area contributed by atoms with Gasteiger partial charge in [-0.15, -0.1) is 0 Å². The Morgan fingerprint density at radius 2 is 2.00 bits per heavy atom. The number of hydrogen-bond acceptors (Lipinski definition) is 8. The zero-order valence-corrected chi connectivity index (χ0v) is 23.9. The van der Waals surface area contributed by atoms with E-state index in [9.17, 15) is 4.79 Å². The molecule has 5 heterocycles. The van der Waals surface area contributed by atoms with Crippen molar-refractivity contribution in [3.8, 4) is 11.8 Å². The number of piperidine rings is 1. The van der Waals surface area contributed by atoms with Crippen LogP contribution in [-0.4, -0.2) is 88.4 Å². The lowest BCUT2D eigenvalue weighted by atomic mass is 9.90. The second-order valence-electron chi connectivity index (χ2n) is 11.4. The predicted molar refractivity (Wildman–Crippen MR) is 154 cm³/mol. The first kappa shape index (κ1) is 26.6. The second kappa shape index (κ2) is 10.7. The molecule has 212 valence electrons. The summed E-state index contributed by atoms with van der Waals surface area (Å²) < 4.78 is 13.0. The summed E-state index contributed by atoms with van der Waals surface area (Å²) in [5.74, 6) is 1.58. The van der Waals surface area contributed by atoms with Crippen LogP contribution in [0.1, 0.15) is 61.4 Å². The monoisotopic (exact) mass is 545 g/mol. The molecule has 1 N–H and O–H groups in total. The number of ether oxygens (including phenoxy) is 2. The molecule has 2 fully saturated rings. The molecule has 2 saturated heterocycles. The number of likely N-dealkylation sites (tertiary alicyclic amines) is 2. The molecule has 6 rings (SSSR count). The van der Waals surface area contributed by atoms with Crippen LogP contribution >= 0.6 is 0 Å². The average molecular weight is 546 g/mol. The minimum absolute atomic E-state index is 0.0240. The lowest BCUT2D eigenvalue weighted by molar-refractivity contribution is -0.127. The van der Waals surface area contributed by atoms with Gasteiger partial charge >= 0.3 is 6.01 Å². The predicted octanol–water partition coefficient (Wildman–Crippen LogP) is 3.98. The molecule has 40 heavy (non-hydrogen) atoms. The maximum absolute atomic E-state index is 12.2. The van der Waals surface area contributed by atoms with Crippen LogP contribution in [0.15, 0.2) is 31.0 Å². The number of anilines is 1. The third-order valence-corrected chi connectivity index (χ3v) is 8.98. The Morgan fingerprint density at radius 1 is 1.20 bits per heavy atom. The highest BCUT2D eigenvalue weighted by Crippen LogP contribution is 2.47. The zero-order chi connectivity index (χ0) is 28.0. The molecule has 0 saturated carbocycles. The number of hydrogen-bond donors (Lipinski definition) is 1. The Balaban J connectivity index is 1.37. The summed E-state index contributed by atoms with van der Waals surface area (Å²) in [6, 6.07) is 4.87. The highest BCUT2D eigenvalue weighted by Gasteiger charge is 2.40. The number of carbonyl (C=O) groups excluding carboxylic acids is 1. The second-order valence-corrected chi connectivity index (χ2v) is 11.4. The molecule has 0 radical (unpaired) electrons. The number of nitrogens with zero attached hydrogens (tertiary/aromatic N) is 6. The Bertz CT molecular complexity index is 1410. The van der Waals surface area contributed by atoms with E-state index in [4.69, 9.17) is 19.4 Å². The Hall–Kier alpha value is -3.66. The fraction of sp³-hybridized carbons (Fsp3) is 0.533. The Labute approximate surface area is 235 Å². The SMILES string of the molecule is C=CC(=O)N1CCC(c2nc(OCC3CCCN3C)nc3c2O[C@H](C)C(c2c(C)ccc4[nH]ncc24)N3C)CC1. The zero-order valence-electron chi connectivity index (χ0n) is 23.9. The van der Waals surface area contributed by atoms with E-state index in [0.29, 0.717) is 31.7 Å². The maximum Gasteiger partial charge on any atom is 0.318 e. The molecule has 10 nitrogen and oxygen atoms in total. The third kappa shape index (κ3) is 4.68. The number of rotatable bonds is 6. The van der Waals surface area contributed by atoms with E-state index < -0.39 is 0 Å². The van der Waals surface area contributed by atoms with Crippen LogP contribution in [0.4, 0.5) is 5.82 Å². The summed E-state index contributed by atoms with van der Waals surface area (Å²) in [6.07, 6.45) is 7.02. The number of aromatic amines is 1. The van der Waals surface area contributed by atoms with Crippen molar-refractivity contribution in [2.45, 2.75) is 63.6 Å². The molecule has 3 atom stereocenters. The standard InChI is InChI=1S/C30H39N7O3/c1-6-24(38)37-14-11-20(12-15-37)26-28-29(33-30(32-26)39-17-21-8-7-13-35(21)4)36(5)27(19(3)40-28)25-18(2)9-10-23-22(25)16-31-34-23/h6,9-10,16,19-21,27H,1,7-8,11-15,17H2,2-5H3,(H,31,34)/t19-,21?,27?/m1/s1. The minimum atomic E-state index is -0.152. The van der Waals surface area contributed by atoms with Gasteiger partial charge in [-0.25, -0.2) is 0 Å². The van der Waals surface area contributed by atoms with Gasteiger partial charge in [-0.2, -0.15) is 15.1 Å². The van der Waals surface area contributed by atoms with Gasteiger partial charge in [-0.3, -0.25) is 9.89 Å². The summed E-state index contributed by atoms with van der Waals surface area (Å²) in [7, 11) is 4.22. The topological polar surface area (TPSA) is 99.7 Å². The van der Waals surface area contributed by atoms with E-state index in [1.54, 1.807) is 0 Å². The van der Waals surface area contributed by atoms with Gasteiger partial charge in [0.1, 0.15) is 12.7 Å². The molecule has 3 aliphatic heterocycles. The first-order valence-corrected chi connectivity index (χ1v) is 14.3. The summed E-state index contributed by atoms with van der Waals surface area (Å²) in [4.78, 5) is 28.5. The minimum Gasteiger partial charge on any atom is -0.482 e. The van der Waals surface area contributed by atoms with Gasteiger partial charge in [0.2, 0.25) is 5.91 Å². The largest absolute Gasteiger partial charge is 0.482 e. The summed E-state index contributed by atoms with van der Waals surface area (Å²) in [5.41, 5.74) is 4.24. The average Bonchev–Trinajstić information content (AvgIpc) is 3.61. The van der Waals surface area contributed by atoms with Crippen LogP contribution in [0.5, 0.6) is 11.8 Å². The van der Waals surface area contributed by atoms with Gasteiger partial charge in [0.25, 0.3) is 0 Å². The maximum atomic E-state index is 12.2. The van der Waals surface area contributed by atoms with Crippen molar-refractivity contribution in [1.29, 1.82) is 0 Å². The van der Waals surface area contributed by atoms with Crippen molar-refractivity contribution in [2.75, 3.05) is 45.2 Å². The molecule has 2 unspecified atom stereocenters. The Kier molecular flexibility index (Phi) is 7.12. The number of fused-ring (bicyclic) bond motifs is 2. The van der Waals surface area contributed by atoms with Crippen LogP contribution < -0.4 is 14.4 Å². The van der Waals surface area contributed by atoms with Crippen molar-refractivity contribution in [3.05, 3.63) is 47.8 Å². The number of benzene rings is 1. The van der Waals surface area contributed by atoms with E-state index >= 15 is 0 Å². The van der Waals surface area contributed by atoms with Gasteiger partial charge in [0, 0.05) is 37.5 Å². The van der Waals surface area contributed by atoms with Crippen molar-refractivity contribution < 1.29 is 14.3 Å². The number of carbonyl (C=O) groups is 1. The van der Waals surface area contributed by atoms with Crippen LogP contribution in [0.2, 0.25) is 0 Å². The molecule has 0 aliphatic carbocycles. The molecule has 0 bridgehead atoms. The molecule has 10 heteroatoms. The summed E-state index contributed by atoms with van der Waals surface area (Å²) in [5, 5.41) is 8.50.